The number of aromatic amines is 1. The average Bonchev–Trinajstić information content (AvgIpc) is 3.52. The van der Waals surface area contributed by atoms with Gasteiger partial charge in [0.15, 0.2) is 5.82 Å². The Labute approximate surface area is 224 Å². The number of fused-ring (bicyclic) bond motifs is 2. The van der Waals surface area contributed by atoms with E-state index < -0.39 is 0 Å². The first-order valence-corrected chi connectivity index (χ1v) is 14.2. The highest BCUT2D eigenvalue weighted by Crippen LogP contribution is 2.41. The Hall–Kier alpha value is -2.72. The van der Waals surface area contributed by atoms with Gasteiger partial charge in [0.2, 0.25) is 5.91 Å². The second-order valence-electron chi connectivity index (χ2n) is 10.2. The van der Waals surface area contributed by atoms with Gasteiger partial charge in [0, 0.05) is 45.9 Å². The second kappa shape index (κ2) is 9.63. The number of aromatic nitrogens is 4. The summed E-state index contributed by atoms with van der Waals surface area (Å²) in [7, 11) is 0. The average molecular weight is 595 g/mol. The number of hydrogen-bond acceptors (Lipinski definition) is 4. The number of rotatable bonds is 6. The van der Waals surface area contributed by atoms with Gasteiger partial charge in [-0.1, -0.05) is 65.1 Å². The predicted octanol–water partition coefficient (Wildman–Crippen LogP) is 4.47. The van der Waals surface area contributed by atoms with Crippen molar-refractivity contribution in [1.82, 2.24) is 24.6 Å². The van der Waals surface area contributed by atoms with Crippen LogP contribution in [0.5, 0.6) is 0 Å². The van der Waals surface area contributed by atoms with Crippen molar-refractivity contribution in [2.24, 2.45) is 5.73 Å². The Balaban J connectivity index is 1.17. The SMILES string of the molecule is NCC1(c2cccc(CI)c2)CCC(N2Cc3nnc(Cc4c[nH]c5ccccc45)n3CC2=O)CC1. The van der Waals surface area contributed by atoms with Crippen LogP contribution < -0.4 is 5.73 Å². The fourth-order valence-corrected chi connectivity index (χ4v) is 6.59. The maximum absolute atomic E-state index is 13.3. The highest BCUT2D eigenvalue weighted by molar-refractivity contribution is 14.1. The molecule has 7 nitrogen and oxygen atoms in total. The first-order valence-electron chi connectivity index (χ1n) is 12.7. The number of carbonyl (C=O) groups excluding carboxylic acids is 1. The fraction of sp³-hybridized carbons (Fsp3) is 0.393. The third-order valence-corrected chi connectivity index (χ3v) is 9.17. The van der Waals surface area contributed by atoms with Gasteiger partial charge in [-0.25, -0.2) is 0 Å². The van der Waals surface area contributed by atoms with Crippen LogP contribution in [0, 0.1) is 0 Å². The summed E-state index contributed by atoms with van der Waals surface area (Å²) in [6.45, 7) is 1.49. The number of carbonyl (C=O) groups is 1. The molecular weight excluding hydrogens is 563 g/mol. The number of nitrogens with zero attached hydrogens (tertiary/aromatic N) is 4. The van der Waals surface area contributed by atoms with Crippen molar-refractivity contribution in [3.8, 4) is 0 Å². The van der Waals surface area contributed by atoms with Gasteiger partial charge in [0.1, 0.15) is 12.4 Å². The molecule has 0 unspecified atom stereocenters. The van der Waals surface area contributed by atoms with Gasteiger partial charge in [-0.05, 0) is 48.4 Å². The second-order valence-corrected chi connectivity index (χ2v) is 11.0. The van der Waals surface area contributed by atoms with Crippen molar-refractivity contribution in [3.05, 3.63) is 83.1 Å². The summed E-state index contributed by atoms with van der Waals surface area (Å²) < 4.78 is 3.02. The predicted molar refractivity (Wildman–Crippen MR) is 149 cm³/mol. The van der Waals surface area contributed by atoms with Gasteiger partial charge in [-0.15, -0.1) is 10.2 Å². The summed E-state index contributed by atoms with van der Waals surface area (Å²) in [5.41, 5.74) is 11.3. The van der Waals surface area contributed by atoms with E-state index in [1.165, 1.54) is 22.1 Å². The van der Waals surface area contributed by atoms with Crippen molar-refractivity contribution in [3.63, 3.8) is 0 Å². The van der Waals surface area contributed by atoms with Gasteiger partial charge in [0.05, 0.1) is 6.54 Å². The van der Waals surface area contributed by atoms with E-state index in [0.717, 1.165) is 47.3 Å². The normalized spacial score (nSPS) is 22.2. The minimum atomic E-state index is 0.00365. The van der Waals surface area contributed by atoms with E-state index in [4.69, 9.17) is 5.73 Å². The van der Waals surface area contributed by atoms with E-state index in [0.29, 0.717) is 26.1 Å². The van der Waals surface area contributed by atoms with E-state index in [1.807, 2.05) is 27.8 Å². The fourth-order valence-electron chi connectivity index (χ4n) is 6.11. The van der Waals surface area contributed by atoms with Crippen LogP contribution in [-0.2, 0) is 34.1 Å². The molecule has 4 aromatic rings. The lowest BCUT2D eigenvalue weighted by atomic mass is 9.67. The molecule has 0 saturated heterocycles. The molecule has 0 atom stereocenters. The minimum Gasteiger partial charge on any atom is -0.361 e. The van der Waals surface area contributed by atoms with Crippen LogP contribution >= 0.6 is 22.6 Å². The van der Waals surface area contributed by atoms with Crippen molar-refractivity contribution >= 4 is 39.4 Å². The molecule has 3 N–H and O–H groups in total. The van der Waals surface area contributed by atoms with Crippen molar-refractivity contribution in [2.45, 2.75) is 61.1 Å². The molecule has 36 heavy (non-hydrogen) atoms. The number of hydrogen-bond donors (Lipinski definition) is 2. The lowest BCUT2D eigenvalue weighted by Crippen LogP contribution is -2.50. The van der Waals surface area contributed by atoms with Crippen molar-refractivity contribution < 1.29 is 4.79 Å². The molecule has 1 fully saturated rings. The van der Waals surface area contributed by atoms with Gasteiger partial charge < -0.3 is 20.2 Å². The molecule has 0 radical (unpaired) electrons. The third-order valence-electron chi connectivity index (χ3n) is 8.29. The Bertz CT molecular complexity index is 1400. The molecule has 3 heterocycles. The molecule has 8 heteroatoms. The van der Waals surface area contributed by atoms with Gasteiger partial charge in [-0.2, -0.15) is 0 Å². The molecule has 186 valence electrons. The van der Waals surface area contributed by atoms with Crippen LogP contribution in [0.3, 0.4) is 0 Å². The topological polar surface area (TPSA) is 92.8 Å². The molecule has 0 bridgehead atoms. The van der Waals surface area contributed by atoms with E-state index in [2.05, 4.69) is 74.2 Å². The van der Waals surface area contributed by atoms with Gasteiger partial charge in [0.25, 0.3) is 0 Å². The molecule has 1 amide bonds. The zero-order valence-electron chi connectivity index (χ0n) is 20.3. The number of alkyl halides is 1. The summed E-state index contributed by atoms with van der Waals surface area (Å²) in [6.07, 6.45) is 6.62. The van der Waals surface area contributed by atoms with Gasteiger partial charge in [-0.3, -0.25) is 4.79 Å². The molecule has 2 aromatic heterocycles. The van der Waals surface area contributed by atoms with E-state index in [9.17, 15) is 4.79 Å². The van der Waals surface area contributed by atoms with Crippen molar-refractivity contribution in [2.75, 3.05) is 6.54 Å². The third kappa shape index (κ3) is 4.14. The Kier molecular flexibility index (Phi) is 6.33. The van der Waals surface area contributed by atoms with Crippen LogP contribution in [0.25, 0.3) is 10.9 Å². The molecule has 1 aliphatic carbocycles. The van der Waals surface area contributed by atoms with Crippen LogP contribution in [0.2, 0.25) is 0 Å². The zero-order chi connectivity index (χ0) is 24.7. The molecule has 2 aromatic carbocycles. The van der Waals surface area contributed by atoms with Crippen LogP contribution in [0.15, 0.2) is 54.7 Å². The highest BCUT2D eigenvalue weighted by atomic mass is 127. The van der Waals surface area contributed by atoms with E-state index >= 15 is 0 Å². The quantitative estimate of drug-likeness (QED) is 0.255. The number of halogens is 1. The monoisotopic (exact) mass is 594 g/mol. The number of nitrogens with one attached hydrogen (secondary N) is 1. The minimum absolute atomic E-state index is 0.00365. The molecule has 0 spiro atoms. The summed E-state index contributed by atoms with van der Waals surface area (Å²) in [5, 5.41) is 10.2. The highest BCUT2D eigenvalue weighted by Gasteiger charge is 2.40. The Morgan fingerprint density at radius 2 is 1.92 bits per heavy atom. The summed E-state index contributed by atoms with van der Waals surface area (Å²) >= 11 is 2.41. The summed E-state index contributed by atoms with van der Waals surface area (Å²) in [4.78, 5) is 18.7. The maximum Gasteiger partial charge on any atom is 0.243 e. The van der Waals surface area contributed by atoms with Crippen LogP contribution in [0.4, 0.5) is 0 Å². The molecule has 1 aliphatic heterocycles. The number of benzene rings is 2. The number of amides is 1. The van der Waals surface area contributed by atoms with E-state index in [-0.39, 0.29) is 17.4 Å². The Morgan fingerprint density at radius 1 is 1.08 bits per heavy atom. The Morgan fingerprint density at radius 3 is 2.72 bits per heavy atom. The number of H-pyrrole nitrogens is 1. The zero-order valence-corrected chi connectivity index (χ0v) is 22.4. The first-order chi connectivity index (χ1) is 17.6. The van der Waals surface area contributed by atoms with Gasteiger partial charge >= 0.3 is 0 Å². The largest absolute Gasteiger partial charge is 0.361 e. The van der Waals surface area contributed by atoms with Crippen molar-refractivity contribution in [1.29, 1.82) is 0 Å². The van der Waals surface area contributed by atoms with Crippen LogP contribution in [-0.4, -0.2) is 43.1 Å². The lowest BCUT2D eigenvalue weighted by Gasteiger charge is -2.44. The number of nitrogens with two attached hydrogens (primary N) is 1. The molecule has 6 rings (SSSR count). The number of para-hydroxylation sites is 1. The molecule has 1 saturated carbocycles. The maximum atomic E-state index is 13.3. The summed E-state index contributed by atoms with van der Waals surface area (Å²) in [6, 6.07) is 17.4. The first kappa shape index (κ1) is 23.7. The smallest absolute Gasteiger partial charge is 0.243 e. The lowest BCUT2D eigenvalue weighted by molar-refractivity contribution is -0.138. The molecule has 2 aliphatic rings. The van der Waals surface area contributed by atoms with Crippen LogP contribution in [0.1, 0.15) is 54.0 Å². The molecular formula is C28H31IN6O. The summed E-state index contributed by atoms with van der Waals surface area (Å²) in [5.74, 6) is 1.90. The standard InChI is InChI=1S/C28H31IN6O/c29-14-19-4-3-5-21(12-19)28(18-30)10-8-22(9-11-28)34-16-26-33-32-25(35(26)17-27(34)36)13-20-15-31-24-7-2-1-6-23(20)24/h1-7,12,15,22,31H,8-11,13-14,16-18,30H2. The van der Waals surface area contributed by atoms with E-state index in [1.54, 1.807) is 0 Å².